The van der Waals surface area contributed by atoms with Crippen LogP contribution in [0.4, 0.5) is 0 Å². The van der Waals surface area contributed by atoms with Crippen LogP contribution < -0.4 is 15.4 Å². The number of guanidine groups is 1. The van der Waals surface area contributed by atoms with Crippen LogP contribution in [0.25, 0.3) is 10.9 Å². The van der Waals surface area contributed by atoms with Crippen LogP contribution >= 0.6 is 0 Å². The number of nitrogens with one attached hydrogen (secondary N) is 3. The van der Waals surface area contributed by atoms with Gasteiger partial charge in [0.2, 0.25) is 5.88 Å². The Morgan fingerprint density at radius 2 is 2.08 bits per heavy atom. The third-order valence-electron chi connectivity index (χ3n) is 4.13. The first kappa shape index (κ1) is 17.8. The second kappa shape index (κ2) is 8.89. The molecule has 0 aliphatic rings. The van der Waals surface area contributed by atoms with Crippen molar-refractivity contribution in [2.24, 2.45) is 4.99 Å². The van der Waals surface area contributed by atoms with Gasteiger partial charge in [0, 0.05) is 42.5 Å². The van der Waals surface area contributed by atoms with E-state index in [9.17, 15) is 0 Å². The smallest absolute Gasteiger partial charge is 0.212 e. The molecule has 0 radical (unpaired) electrons. The van der Waals surface area contributed by atoms with Crippen molar-refractivity contribution in [2.45, 2.75) is 19.9 Å². The molecule has 6 heteroatoms. The third kappa shape index (κ3) is 4.53. The second-order valence-electron chi connectivity index (χ2n) is 5.94. The molecular weight excluding hydrogens is 326 g/mol. The van der Waals surface area contributed by atoms with Crippen LogP contribution in [0, 0.1) is 0 Å². The van der Waals surface area contributed by atoms with Crippen molar-refractivity contribution in [3.8, 4) is 5.88 Å². The Balaban J connectivity index is 1.57. The highest BCUT2D eigenvalue weighted by Crippen LogP contribution is 2.17. The van der Waals surface area contributed by atoms with Crippen molar-refractivity contribution in [1.82, 2.24) is 20.6 Å². The number of benzene rings is 1. The van der Waals surface area contributed by atoms with Gasteiger partial charge in [0.05, 0.1) is 13.7 Å². The molecule has 3 rings (SSSR count). The zero-order chi connectivity index (χ0) is 18.2. The maximum atomic E-state index is 5.08. The summed E-state index contributed by atoms with van der Waals surface area (Å²) in [4.78, 5) is 12.2. The van der Waals surface area contributed by atoms with E-state index in [0.29, 0.717) is 12.4 Å². The Kier molecular flexibility index (Phi) is 6.09. The molecule has 0 saturated heterocycles. The molecule has 0 aliphatic carbocycles. The van der Waals surface area contributed by atoms with Crippen LogP contribution in [0.3, 0.4) is 0 Å². The van der Waals surface area contributed by atoms with Gasteiger partial charge in [-0.15, -0.1) is 0 Å². The Morgan fingerprint density at radius 1 is 1.19 bits per heavy atom. The van der Waals surface area contributed by atoms with E-state index in [-0.39, 0.29) is 0 Å². The van der Waals surface area contributed by atoms with Crippen LogP contribution in [0.5, 0.6) is 5.88 Å². The zero-order valence-electron chi connectivity index (χ0n) is 15.2. The summed E-state index contributed by atoms with van der Waals surface area (Å²) in [6.07, 6.45) is 4.80. The minimum atomic E-state index is 0.569. The molecule has 0 spiro atoms. The molecule has 136 valence electrons. The molecule has 0 fully saturated rings. The monoisotopic (exact) mass is 351 g/mol. The van der Waals surface area contributed by atoms with E-state index < -0.39 is 0 Å². The van der Waals surface area contributed by atoms with Crippen LogP contribution in [-0.4, -0.2) is 36.1 Å². The number of methoxy groups -OCH3 is 1. The van der Waals surface area contributed by atoms with Gasteiger partial charge in [-0.05, 0) is 30.5 Å². The molecular formula is C20H25N5O. The number of rotatable bonds is 7. The number of hydrogen-bond donors (Lipinski definition) is 3. The summed E-state index contributed by atoms with van der Waals surface area (Å²) in [7, 11) is 1.61. The summed E-state index contributed by atoms with van der Waals surface area (Å²) in [5.74, 6) is 1.42. The Hall–Kier alpha value is -3.02. The number of para-hydroxylation sites is 1. The molecule has 3 aromatic rings. The number of H-pyrrole nitrogens is 1. The maximum Gasteiger partial charge on any atom is 0.212 e. The number of pyridine rings is 1. The lowest BCUT2D eigenvalue weighted by Gasteiger charge is -2.11. The molecule has 0 aliphatic heterocycles. The number of fused-ring (bicyclic) bond motifs is 1. The van der Waals surface area contributed by atoms with E-state index in [0.717, 1.165) is 31.0 Å². The predicted octanol–water partition coefficient (Wildman–Crippen LogP) is 2.87. The van der Waals surface area contributed by atoms with Crippen molar-refractivity contribution < 1.29 is 4.74 Å². The number of aromatic amines is 1. The third-order valence-corrected chi connectivity index (χ3v) is 4.13. The fourth-order valence-electron chi connectivity index (χ4n) is 2.79. The number of hydrogen-bond acceptors (Lipinski definition) is 3. The maximum absolute atomic E-state index is 5.08. The average molecular weight is 351 g/mol. The van der Waals surface area contributed by atoms with Crippen molar-refractivity contribution in [3.05, 3.63) is 59.9 Å². The molecule has 2 heterocycles. The lowest BCUT2D eigenvalue weighted by Crippen LogP contribution is -2.38. The van der Waals surface area contributed by atoms with Crippen molar-refractivity contribution in [3.63, 3.8) is 0 Å². The van der Waals surface area contributed by atoms with E-state index in [4.69, 9.17) is 4.74 Å². The number of aliphatic imine (C=N–C) groups is 1. The standard InChI is InChI=1S/C20H25N5O/c1-3-21-20(25-13-15-8-9-19(26-2)24-12-15)22-11-10-16-14-23-18-7-5-4-6-17(16)18/h4-9,12,14,23H,3,10-11,13H2,1-2H3,(H2,21,22,25). The quantitative estimate of drug-likeness (QED) is 0.452. The molecule has 2 aromatic heterocycles. The highest BCUT2D eigenvalue weighted by atomic mass is 16.5. The number of aromatic nitrogens is 2. The van der Waals surface area contributed by atoms with Crippen LogP contribution in [-0.2, 0) is 13.0 Å². The van der Waals surface area contributed by atoms with E-state index in [1.54, 1.807) is 13.3 Å². The lowest BCUT2D eigenvalue weighted by molar-refractivity contribution is 0.397. The topological polar surface area (TPSA) is 74.3 Å². The molecule has 6 nitrogen and oxygen atoms in total. The molecule has 26 heavy (non-hydrogen) atoms. The van der Waals surface area contributed by atoms with Crippen molar-refractivity contribution in [1.29, 1.82) is 0 Å². The summed E-state index contributed by atoms with van der Waals surface area (Å²) in [5.41, 5.74) is 3.53. The molecule has 0 saturated carbocycles. The largest absolute Gasteiger partial charge is 0.481 e. The van der Waals surface area contributed by atoms with Gasteiger partial charge >= 0.3 is 0 Å². The van der Waals surface area contributed by atoms with Crippen LogP contribution in [0.2, 0.25) is 0 Å². The Bertz CT molecular complexity index is 854. The normalized spacial score (nSPS) is 11.5. The van der Waals surface area contributed by atoms with Crippen molar-refractivity contribution in [2.75, 3.05) is 20.2 Å². The molecule has 3 N–H and O–H groups in total. The van der Waals surface area contributed by atoms with E-state index in [1.165, 1.54) is 16.5 Å². The molecule has 0 unspecified atom stereocenters. The summed E-state index contributed by atoms with van der Waals surface area (Å²) in [6, 6.07) is 12.2. The van der Waals surface area contributed by atoms with Gasteiger partial charge < -0.3 is 20.4 Å². The fraction of sp³-hybridized carbons (Fsp3) is 0.300. The molecule has 0 atom stereocenters. The van der Waals surface area contributed by atoms with Gasteiger partial charge in [-0.2, -0.15) is 0 Å². The predicted molar refractivity (Wildman–Crippen MR) is 106 cm³/mol. The first-order valence-corrected chi connectivity index (χ1v) is 8.86. The first-order valence-electron chi connectivity index (χ1n) is 8.86. The molecule has 1 aromatic carbocycles. The van der Waals surface area contributed by atoms with Crippen molar-refractivity contribution >= 4 is 16.9 Å². The summed E-state index contributed by atoms with van der Waals surface area (Å²) in [6.45, 7) is 4.26. The highest BCUT2D eigenvalue weighted by molar-refractivity contribution is 5.83. The van der Waals surface area contributed by atoms with Gasteiger partial charge in [0.15, 0.2) is 5.96 Å². The average Bonchev–Trinajstić information content (AvgIpc) is 3.10. The Labute approximate surface area is 153 Å². The second-order valence-corrected chi connectivity index (χ2v) is 5.94. The minimum Gasteiger partial charge on any atom is -0.481 e. The summed E-state index contributed by atoms with van der Waals surface area (Å²) < 4.78 is 5.08. The number of nitrogens with zero attached hydrogens (tertiary/aromatic N) is 2. The lowest BCUT2D eigenvalue weighted by atomic mass is 10.1. The minimum absolute atomic E-state index is 0.569. The first-order chi connectivity index (χ1) is 12.8. The Morgan fingerprint density at radius 3 is 2.85 bits per heavy atom. The molecule has 0 amide bonds. The van der Waals surface area contributed by atoms with Gasteiger partial charge in [-0.1, -0.05) is 24.3 Å². The fourth-order valence-corrected chi connectivity index (χ4v) is 2.79. The molecule has 0 bridgehead atoms. The summed E-state index contributed by atoms with van der Waals surface area (Å²) in [5, 5.41) is 7.95. The van der Waals surface area contributed by atoms with Gasteiger partial charge in [-0.3, -0.25) is 0 Å². The number of ether oxygens (including phenoxy) is 1. The van der Waals surface area contributed by atoms with Crippen LogP contribution in [0.15, 0.2) is 53.8 Å². The SMILES string of the molecule is CCNC(=NCc1ccc(OC)nc1)NCCc1c[nH]c2ccccc12. The van der Waals surface area contributed by atoms with E-state index in [1.807, 2.05) is 18.2 Å². The summed E-state index contributed by atoms with van der Waals surface area (Å²) >= 11 is 0. The van der Waals surface area contributed by atoms with Gasteiger partial charge in [-0.25, -0.2) is 9.98 Å². The van der Waals surface area contributed by atoms with Crippen LogP contribution in [0.1, 0.15) is 18.1 Å². The highest BCUT2D eigenvalue weighted by Gasteiger charge is 2.04. The van der Waals surface area contributed by atoms with Gasteiger partial charge in [0.1, 0.15) is 0 Å². The van der Waals surface area contributed by atoms with E-state index >= 15 is 0 Å². The zero-order valence-corrected chi connectivity index (χ0v) is 15.2. The van der Waals surface area contributed by atoms with E-state index in [2.05, 4.69) is 56.9 Å². The van der Waals surface area contributed by atoms with Gasteiger partial charge in [0.25, 0.3) is 0 Å².